The third kappa shape index (κ3) is 4.44. The fraction of sp³-hybridized carbons (Fsp3) is 0.211. The summed E-state index contributed by atoms with van der Waals surface area (Å²) in [5.41, 5.74) is 2.17. The molecular formula is C19H16ClN5O2S. The van der Waals surface area contributed by atoms with Crippen molar-refractivity contribution in [1.29, 1.82) is 5.26 Å². The van der Waals surface area contributed by atoms with Gasteiger partial charge in [0, 0.05) is 30.1 Å². The Morgan fingerprint density at radius 1 is 1.39 bits per heavy atom. The molecule has 1 atom stereocenters. The van der Waals surface area contributed by atoms with E-state index in [4.69, 9.17) is 16.9 Å². The first-order chi connectivity index (χ1) is 13.4. The van der Waals surface area contributed by atoms with E-state index >= 15 is 0 Å². The van der Waals surface area contributed by atoms with E-state index < -0.39 is 0 Å². The molecule has 1 N–H and O–H groups in total. The molecule has 142 valence electrons. The largest absolute Gasteiger partial charge is 0.346 e. The van der Waals surface area contributed by atoms with Gasteiger partial charge >= 0.3 is 0 Å². The minimum absolute atomic E-state index is 0.163. The summed E-state index contributed by atoms with van der Waals surface area (Å²) in [4.78, 5) is 27.6. The van der Waals surface area contributed by atoms with Crippen LogP contribution in [0.1, 0.15) is 39.7 Å². The molecule has 0 spiro atoms. The third-order valence-electron chi connectivity index (χ3n) is 3.90. The van der Waals surface area contributed by atoms with Gasteiger partial charge in [-0.2, -0.15) is 10.4 Å². The second-order valence-corrected chi connectivity index (χ2v) is 7.46. The number of ketones is 1. The lowest BCUT2D eigenvalue weighted by Gasteiger charge is -2.13. The Labute approximate surface area is 170 Å². The summed E-state index contributed by atoms with van der Waals surface area (Å²) in [7, 11) is 0. The van der Waals surface area contributed by atoms with Gasteiger partial charge < -0.3 is 5.32 Å². The van der Waals surface area contributed by atoms with Crippen molar-refractivity contribution < 1.29 is 9.59 Å². The van der Waals surface area contributed by atoms with Gasteiger partial charge in [-0.15, -0.1) is 11.3 Å². The lowest BCUT2D eigenvalue weighted by Crippen LogP contribution is -2.36. The highest BCUT2D eigenvalue weighted by molar-refractivity contribution is 7.11. The summed E-state index contributed by atoms with van der Waals surface area (Å²) in [6.45, 7) is 3.73. The zero-order valence-electron chi connectivity index (χ0n) is 15.1. The van der Waals surface area contributed by atoms with E-state index in [2.05, 4.69) is 15.4 Å². The van der Waals surface area contributed by atoms with Crippen LogP contribution in [0, 0.1) is 11.3 Å². The highest BCUT2D eigenvalue weighted by Crippen LogP contribution is 2.24. The summed E-state index contributed by atoms with van der Waals surface area (Å²) in [6.07, 6.45) is 1.81. The third-order valence-corrected chi connectivity index (χ3v) is 5.16. The quantitative estimate of drug-likeness (QED) is 0.622. The van der Waals surface area contributed by atoms with Crippen molar-refractivity contribution in [1.82, 2.24) is 20.1 Å². The number of nitriles is 1. The Hall–Kier alpha value is -3.02. The first-order valence-electron chi connectivity index (χ1n) is 8.38. The van der Waals surface area contributed by atoms with Gasteiger partial charge in [0.25, 0.3) is 5.91 Å². The zero-order chi connectivity index (χ0) is 20.3. The standard InChI is InChI=1S/C19H16ClN5O2S/c1-11(22-18(27)17-10-28-19(23-17)12(2)26)9-25-6-5-16(24-25)13-3-4-14(8-21)15(20)7-13/h3-7,10-11H,9H2,1-2H3,(H,22,27)/t11-/m0/s1. The predicted molar refractivity (Wildman–Crippen MR) is 106 cm³/mol. The molecule has 0 saturated carbocycles. The van der Waals surface area contributed by atoms with Gasteiger partial charge in [-0.05, 0) is 25.1 Å². The molecule has 9 heteroatoms. The van der Waals surface area contributed by atoms with Crippen LogP contribution in [0.4, 0.5) is 0 Å². The van der Waals surface area contributed by atoms with Crippen LogP contribution in [0.25, 0.3) is 11.3 Å². The Morgan fingerprint density at radius 2 is 2.18 bits per heavy atom. The van der Waals surface area contributed by atoms with Crippen LogP contribution in [-0.4, -0.2) is 32.5 Å². The van der Waals surface area contributed by atoms with Crippen LogP contribution < -0.4 is 5.32 Å². The Kier molecular flexibility index (Phi) is 5.87. The van der Waals surface area contributed by atoms with Crippen molar-refractivity contribution in [2.45, 2.75) is 26.4 Å². The van der Waals surface area contributed by atoms with Gasteiger partial charge in [0.15, 0.2) is 10.8 Å². The number of hydrogen-bond donors (Lipinski definition) is 1. The van der Waals surface area contributed by atoms with Crippen LogP contribution in [0.15, 0.2) is 35.8 Å². The number of benzene rings is 1. The van der Waals surface area contributed by atoms with Crippen molar-refractivity contribution in [3.05, 3.63) is 57.1 Å². The molecule has 3 rings (SSSR count). The molecule has 0 aliphatic heterocycles. The van der Waals surface area contributed by atoms with Gasteiger partial charge in [0.05, 0.1) is 22.8 Å². The van der Waals surface area contributed by atoms with Crippen LogP contribution in [-0.2, 0) is 6.54 Å². The normalized spacial score (nSPS) is 11.6. The molecule has 0 aliphatic rings. The number of amides is 1. The number of thiazole rings is 1. The first kappa shape index (κ1) is 19.7. The second kappa shape index (κ2) is 8.33. The van der Waals surface area contributed by atoms with Gasteiger partial charge in [0.1, 0.15) is 11.8 Å². The SMILES string of the molecule is CC(=O)c1nc(C(=O)N[C@@H](C)Cn2ccc(-c3ccc(C#N)c(Cl)c3)n2)cs1. The van der Waals surface area contributed by atoms with Crippen LogP contribution in [0.5, 0.6) is 0 Å². The minimum Gasteiger partial charge on any atom is -0.346 e. The number of nitrogens with one attached hydrogen (secondary N) is 1. The van der Waals surface area contributed by atoms with Gasteiger partial charge in [-0.3, -0.25) is 14.3 Å². The number of hydrogen-bond acceptors (Lipinski definition) is 6. The number of rotatable bonds is 6. The fourth-order valence-electron chi connectivity index (χ4n) is 2.55. The van der Waals surface area contributed by atoms with E-state index in [0.29, 0.717) is 22.1 Å². The molecule has 0 radical (unpaired) electrons. The number of carbonyl (C=O) groups is 2. The van der Waals surface area contributed by atoms with Gasteiger partial charge in [-0.1, -0.05) is 17.7 Å². The zero-order valence-corrected chi connectivity index (χ0v) is 16.7. The number of halogens is 1. The van der Waals surface area contributed by atoms with Crippen LogP contribution in [0.3, 0.4) is 0 Å². The lowest BCUT2D eigenvalue weighted by molar-refractivity contribution is 0.0931. The number of carbonyl (C=O) groups excluding carboxylic acids is 2. The molecule has 0 bridgehead atoms. The summed E-state index contributed by atoms with van der Waals surface area (Å²) >= 11 is 7.23. The summed E-state index contributed by atoms with van der Waals surface area (Å²) in [6, 6.07) is 8.81. The lowest BCUT2D eigenvalue weighted by atomic mass is 10.1. The Morgan fingerprint density at radius 3 is 2.82 bits per heavy atom. The second-order valence-electron chi connectivity index (χ2n) is 6.20. The molecule has 2 aromatic heterocycles. The molecule has 0 saturated heterocycles. The molecule has 3 aromatic rings. The Balaban J connectivity index is 1.64. The molecule has 0 fully saturated rings. The Bertz CT molecular complexity index is 1080. The number of Topliss-reactive ketones (excluding diaryl/α,β-unsaturated/α-hetero) is 1. The van der Waals surface area contributed by atoms with Crippen molar-refractivity contribution >= 4 is 34.6 Å². The molecule has 0 unspecified atom stereocenters. The molecule has 1 amide bonds. The average Bonchev–Trinajstić information content (AvgIpc) is 3.31. The molecule has 28 heavy (non-hydrogen) atoms. The highest BCUT2D eigenvalue weighted by atomic mass is 35.5. The van der Waals surface area contributed by atoms with Crippen LogP contribution in [0.2, 0.25) is 5.02 Å². The summed E-state index contributed by atoms with van der Waals surface area (Å²) < 4.78 is 1.72. The van der Waals surface area contributed by atoms with E-state index in [1.54, 1.807) is 34.5 Å². The molecule has 7 nitrogen and oxygen atoms in total. The number of nitrogens with zero attached hydrogens (tertiary/aromatic N) is 4. The minimum atomic E-state index is -0.331. The number of aromatic nitrogens is 3. The van der Waals surface area contributed by atoms with Crippen molar-refractivity contribution in [3.8, 4) is 17.3 Å². The molecular weight excluding hydrogens is 398 g/mol. The van der Waals surface area contributed by atoms with Crippen molar-refractivity contribution in [2.24, 2.45) is 0 Å². The van der Waals surface area contributed by atoms with E-state index in [1.807, 2.05) is 19.1 Å². The van der Waals surface area contributed by atoms with Crippen molar-refractivity contribution in [3.63, 3.8) is 0 Å². The maximum atomic E-state index is 12.3. The highest BCUT2D eigenvalue weighted by Gasteiger charge is 2.16. The van der Waals surface area contributed by atoms with E-state index in [-0.39, 0.29) is 23.4 Å². The van der Waals surface area contributed by atoms with E-state index in [9.17, 15) is 9.59 Å². The molecule has 2 heterocycles. The van der Waals surface area contributed by atoms with Gasteiger partial charge in [-0.25, -0.2) is 4.98 Å². The van der Waals surface area contributed by atoms with E-state index in [0.717, 1.165) is 22.6 Å². The smallest absolute Gasteiger partial charge is 0.271 e. The van der Waals surface area contributed by atoms with Crippen molar-refractivity contribution in [2.75, 3.05) is 0 Å². The fourth-order valence-corrected chi connectivity index (χ4v) is 3.47. The predicted octanol–water partition coefficient (Wildman–Crippen LogP) is 3.55. The van der Waals surface area contributed by atoms with Crippen LogP contribution >= 0.6 is 22.9 Å². The topological polar surface area (TPSA) is 101 Å². The summed E-state index contributed by atoms with van der Waals surface area (Å²) in [5, 5.41) is 18.6. The van der Waals surface area contributed by atoms with E-state index in [1.165, 1.54) is 6.92 Å². The molecule has 1 aromatic carbocycles. The average molecular weight is 414 g/mol. The van der Waals surface area contributed by atoms with Gasteiger partial charge in [0.2, 0.25) is 0 Å². The first-order valence-corrected chi connectivity index (χ1v) is 9.64. The maximum Gasteiger partial charge on any atom is 0.271 e. The maximum absolute atomic E-state index is 12.3. The monoisotopic (exact) mass is 413 g/mol. The molecule has 0 aliphatic carbocycles. The summed E-state index contributed by atoms with van der Waals surface area (Å²) in [5.74, 6) is -0.494.